The first-order valence-corrected chi connectivity index (χ1v) is 9.81. The van der Waals surface area contributed by atoms with Gasteiger partial charge in [-0.15, -0.1) is 0 Å². The number of hydrogen-bond donors (Lipinski definition) is 0. The summed E-state index contributed by atoms with van der Waals surface area (Å²) in [5, 5.41) is 0. The van der Waals surface area contributed by atoms with Crippen molar-refractivity contribution in [1.82, 2.24) is 19.8 Å². The average Bonchev–Trinajstić information content (AvgIpc) is 3.02. The van der Waals surface area contributed by atoms with E-state index in [1.54, 1.807) is 0 Å². The highest BCUT2D eigenvalue weighted by Crippen LogP contribution is 2.37. The largest absolute Gasteiger partial charge is 0.335 e. The quantitative estimate of drug-likeness (QED) is 0.837. The van der Waals surface area contributed by atoms with Crippen molar-refractivity contribution in [3.05, 3.63) is 47.4 Å². The van der Waals surface area contributed by atoms with Crippen molar-refractivity contribution in [3.8, 4) is 0 Å². The van der Waals surface area contributed by atoms with E-state index in [0.717, 1.165) is 45.0 Å². The van der Waals surface area contributed by atoms with Crippen LogP contribution in [0.4, 0.5) is 11.5 Å². The zero-order valence-corrected chi connectivity index (χ0v) is 16.4. The van der Waals surface area contributed by atoms with Gasteiger partial charge in [-0.25, -0.2) is 9.97 Å². The predicted octanol–water partition coefficient (Wildman–Crippen LogP) is 2.65. The van der Waals surface area contributed by atoms with E-state index in [1.807, 2.05) is 17.9 Å². The third-order valence-corrected chi connectivity index (χ3v) is 5.60. The highest BCUT2D eigenvalue weighted by atomic mass is 16.2. The van der Waals surface area contributed by atoms with Gasteiger partial charge in [-0.05, 0) is 38.4 Å². The van der Waals surface area contributed by atoms with E-state index in [1.165, 1.54) is 11.3 Å². The van der Waals surface area contributed by atoms with Gasteiger partial charge in [0.15, 0.2) is 0 Å². The van der Waals surface area contributed by atoms with Crippen LogP contribution in [-0.4, -0.2) is 64.4 Å². The summed E-state index contributed by atoms with van der Waals surface area (Å²) >= 11 is 0. The Morgan fingerprint density at radius 1 is 1.15 bits per heavy atom. The smallest absolute Gasteiger partial charge is 0.272 e. The van der Waals surface area contributed by atoms with Crippen molar-refractivity contribution in [2.45, 2.75) is 33.2 Å². The molecule has 2 aromatic rings. The molecule has 0 radical (unpaired) electrons. The Bertz CT molecular complexity index is 844. The van der Waals surface area contributed by atoms with Gasteiger partial charge in [0, 0.05) is 44.0 Å². The Morgan fingerprint density at radius 3 is 2.63 bits per heavy atom. The number of likely N-dealkylation sites (N-methyl/N-ethyl adjacent to an activating group) is 1. The summed E-state index contributed by atoms with van der Waals surface area (Å²) in [6.07, 6.45) is 0.988. The minimum Gasteiger partial charge on any atom is -0.335 e. The van der Waals surface area contributed by atoms with Crippen molar-refractivity contribution in [2.24, 2.45) is 0 Å². The van der Waals surface area contributed by atoms with Crippen molar-refractivity contribution in [3.63, 3.8) is 0 Å². The van der Waals surface area contributed by atoms with Crippen LogP contribution in [-0.2, 0) is 6.42 Å². The van der Waals surface area contributed by atoms with Crippen molar-refractivity contribution < 1.29 is 4.79 Å². The molecule has 0 saturated carbocycles. The lowest BCUT2D eigenvalue weighted by molar-refractivity contribution is 0.0637. The fourth-order valence-corrected chi connectivity index (χ4v) is 4.13. The van der Waals surface area contributed by atoms with Crippen LogP contribution in [0.3, 0.4) is 0 Å². The van der Waals surface area contributed by atoms with Crippen molar-refractivity contribution in [1.29, 1.82) is 0 Å². The zero-order valence-electron chi connectivity index (χ0n) is 16.4. The number of para-hydroxylation sites is 1. The molecule has 1 saturated heterocycles. The Hall–Kier alpha value is -2.47. The van der Waals surface area contributed by atoms with Gasteiger partial charge in [0.05, 0.1) is 0 Å². The van der Waals surface area contributed by atoms with E-state index < -0.39 is 0 Å². The number of piperazine rings is 1. The number of fused-ring (bicyclic) bond motifs is 1. The van der Waals surface area contributed by atoms with E-state index in [2.05, 4.69) is 57.9 Å². The molecule has 1 unspecified atom stereocenters. The minimum absolute atomic E-state index is 0.0117. The predicted molar refractivity (Wildman–Crippen MR) is 107 cm³/mol. The minimum atomic E-state index is 0.0117. The van der Waals surface area contributed by atoms with Gasteiger partial charge in [0.25, 0.3) is 5.91 Å². The summed E-state index contributed by atoms with van der Waals surface area (Å²) in [4.78, 5) is 28.7. The number of nitrogens with zero attached hydrogens (tertiary/aromatic N) is 5. The SMILES string of the molecule is CCN1CCN(C(=O)c2cc(N3c4ccccc4CC3C)nc(C)n2)CC1. The molecule has 2 aliphatic heterocycles. The van der Waals surface area contributed by atoms with Gasteiger partial charge < -0.3 is 14.7 Å². The molecule has 2 aliphatic rings. The monoisotopic (exact) mass is 365 g/mol. The third kappa shape index (κ3) is 3.41. The molecule has 6 nitrogen and oxygen atoms in total. The Morgan fingerprint density at radius 2 is 1.89 bits per heavy atom. The molecule has 1 amide bonds. The van der Waals surface area contributed by atoms with E-state index in [4.69, 9.17) is 0 Å². The zero-order chi connectivity index (χ0) is 19.0. The number of aryl methyl sites for hydroxylation is 1. The number of hydrogen-bond acceptors (Lipinski definition) is 5. The van der Waals surface area contributed by atoms with E-state index >= 15 is 0 Å². The molecule has 1 fully saturated rings. The number of amides is 1. The number of aromatic nitrogens is 2. The fraction of sp³-hybridized carbons (Fsp3) is 0.476. The van der Waals surface area contributed by atoms with Gasteiger partial charge in [-0.3, -0.25) is 4.79 Å². The van der Waals surface area contributed by atoms with Crippen molar-refractivity contribution >= 4 is 17.4 Å². The van der Waals surface area contributed by atoms with Gasteiger partial charge in [-0.2, -0.15) is 0 Å². The maximum absolute atomic E-state index is 13.0. The maximum Gasteiger partial charge on any atom is 0.272 e. The number of carbonyl (C=O) groups is 1. The maximum atomic E-state index is 13.0. The molecule has 142 valence electrons. The number of anilines is 2. The topological polar surface area (TPSA) is 52.6 Å². The van der Waals surface area contributed by atoms with Crippen LogP contribution in [0.1, 0.15) is 35.7 Å². The first-order chi connectivity index (χ1) is 13.1. The number of rotatable bonds is 3. The van der Waals surface area contributed by atoms with Gasteiger partial charge in [-0.1, -0.05) is 25.1 Å². The summed E-state index contributed by atoms with van der Waals surface area (Å²) in [6.45, 7) is 10.6. The van der Waals surface area contributed by atoms with E-state index in [9.17, 15) is 4.79 Å². The Balaban J connectivity index is 1.62. The number of benzene rings is 1. The molecule has 4 rings (SSSR count). The van der Waals surface area contributed by atoms with Crippen LogP contribution in [0.25, 0.3) is 0 Å². The fourth-order valence-electron chi connectivity index (χ4n) is 4.13. The van der Waals surface area contributed by atoms with Gasteiger partial charge in [0.2, 0.25) is 0 Å². The average molecular weight is 365 g/mol. The molecular weight excluding hydrogens is 338 g/mol. The standard InChI is InChI=1S/C21H27N5O/c1-4-24-9-11-25(12-10-24)21(27)18-14-20(23-16(3)22-18)26-15(2)13-17-7-5-6-8-19(17)26/h5-8,14-15H,4,9-13H2,1-3H3. The Kier molecular flexibility index (Phi) is 4.83. The molecule has 0 bridgehead atoms. The lowest BCUT2D eigenvalue weighted by atomic mass is 10.1. The lowest BCUT2D eigenvalue weighted by Crippen LogP contribution is -2.48. The highest BCUT2D eigenvalue weighted by molar-refractivity contribution is 5.93. The molecule has 0 spiro atoms. The second kappa shape index (κ2) is 7.27. The van der Waals surface area contributed by atoms with E-state index in [0.29, 0.717) is 17.6 Å². The summed E-state index contributed by atoms with van der Waals surface area (Å²) < 4.78 is 0. The number of carbonyl (C=O) groups excluding carboxylic acids is 1. The van der Waals surface area contributed by atoms with Crippen LogP contribution in [0, 0.1) is 6.92 Å². The lowest BCUT2D eigenvalue weighted by Gasteiger charge is -2.34. The molecule has 1 atom stereocenters. The van der Waals surface area contributed by atoms with Crippen LogP contribution >= 0.6 is 0 Å². The summed E-state index contributed by atoms with van der Waals surface area (Å²) in [5.74, 6) is 1.47. The van der Waals surface area contributed by atoms with Crippen LogP contribution < -0.4 is 4.90 Å². The first-order valence-electron chi connectivity index (χ1n) is 9.81. The molecule has 27 heavy (non-hydrogen) atoms. The van der Waals surface area contributed by atoms with Crippen LogP contribution in [0.5, 0.6) is 0 Å². The molecule has 0 N–H and O–H groups in total. The summed E-state index contributed by atoms with van der Waals surface area (Å²) in [6, 6.07) is 10.6. The highest BCUT2D eigenvalue weighted by Gasteiger charge is 2.29. The summed E-state index contributed by atoms with van der Waals surface area (Å²) in [5.41, 5.74) is 3.00. The third-order valence-electron chi connectivity index (χ3n) is 5.60. The van der Waals surface area contributed by atoms with Gasteiger partial charge >= 0.3 is 0 Å². The van der Waals surface area contributed by atoms with Crippen molar-refractivity contribution in [2.75, 3.05) is 37.6 Å². The molecule has 3 heterocycles. The van der Waals surface area contributed by atoms with Crippen LogP contribution in [0.2, 0.25) is 0 Å². The normalized spacial score (nSPS) is 20.0. The van der Waals surface area contributed by atoms with Gasteiger partial charge in [0.1, 0.15) is 17.3 Å². The van der Waals surface area contributed by atoms with Crippen LogP contribution in [0.15, 0.2) is 30.3 Å². The molecule has 1 aromatic heterocycles. The first kappa shape index (κ1) is 17.9. The molecule has 0 aliphatic carbocycles. The second-order valence-corrected chi connectivity index (χ2v) is 7.44. The molecule has 6 heteroatoms. The molecule has 1 aromatic carbocycles. The second-order valence-electron chi connectivity index (χ2n) is 7.44. The van der Waals surface area contributed by atoms with E-state index in [-0.39, 0.29) is 5.91 Å². The molecular formula is C21H27N5O. The summed E-state index contributed by atoms with van der Waals surface area (Å²) in [7, 11) is 0. The Labute approximate surface area is 160 Å².